The minimum atomic E-state index is -0.556. The van der Waals surface area contributed by atoms with Crippen molar-refractivity contribution in [2.75, 3.05) is 0 Å². The second-order valence-corrected chi connectivity index (χ2v) is 5.69. The van der Waals surface area contributed by atoms with Gasteiger partial charge in [0.1, 0.15) is 6.10 Å². The molecule has 2 heteroatoms. The lowest BCUT2D eigenvalue weighted by molar-refractivity contribution is 0.220. The van der Waals surface area contributed by atoms with E-state index in [4.69, 9.17) is 0 Å². The highest BCUT2D eigenvalue weighted by atomic mass is 79.9. The van der Waals surface area contributed by atoms with E-state index in [0.29, 0.717) is 5.92 Å². The van der Waals surface area contributed by atoms with E-state index in [1.165, 1.54) is 5.56 Å². The highest BCUT2D eigenvalue weighted by molar-refractivity contribution is 9.10. The van der Waals surface area contributed by atoms with Gasteiger partial charge in [-0.2, -0.15) is 0 Å². The summed E-state index contributed by atoms with van der Waals surface area (Å²) in [7, 11) is 0. The topological polar surface area (TPSA) is 20.2 Å². The Morgan fingerprint density at radius 2 is 1.17 bits per heavy atom. The van der Waals surface area contributed by atoms with Crippen molar-refractivity contribution in [2.45, 2.75) is 25.9 Å². The van der Waals surface area contributed by atoms with Crippen LogP contribution in [-0.4, -0.2) is 5.11 Å². The van der Waals surface area contributed by atoms with Gasteiger partial charge in [0.15, 0.2) is 0 Å². The molecule has 1 N–H and O–H groups in total. The van der Waals surface area contributed by atoms with Gasteiger partial charge in [0, 0.05) is 4.47 Å². The van der Waals surface area contributed by atoms with Gasteiger partial charge in [-0.1, -0.05) is 66.2 Å². The van der Waals surface area contributed by atoms with Gasteiger partial charge in [-0.25, -0.2) is 0 Å². The molecule has 0 bridgehead atoms. The van der Waals surface area contributed by atoms with Crippen LogP contribution in [0.4, 0.5) is 0 Å². The monoisotopic (exact) mass is 304 g/mol. The fourth-order valence-electron chi connectivity index (χ4n) is 1.90. The van der Waals surface area contributed by atoms with Gasteiger partial charge in [-0.3, -0.25) is 0 Å². The third kappa shape index (κ3) is 3.01. The molecule has 0 amide bonds. The van der Waals surface area contributed by atoms with Crippen LogP contribution in [0.5, 0.6) is 0 Å². The third-order valence-corrected chi connectivity index (χ3v) is 3.63. The maximum absolute atomic E-state index is 10.3. The van der Waals surface area contributed by atoms with Crippen LogP contribution in [0.2, 0.25) is 0 Å². The Kier molecular flexibility index (Phi) is 4.20. The van der Waals surface area contributed by atoms with E-state index in [1.54, 1.807) is 0 Å². The summed E-state index contributed by atoms with van der Waals surface area (Å²) in [4.78, 5) is 0. The molecular formula is C16H17BrO. The molecule has 2 aromatic rings. The molecule has 0 aliphatic rings. The van der Waals surface area contributed by atoms with E-state index < -0.39 is 6.10 Å². The van der Waals surface area contributed by atoms with E-state index in [1.807, 2.05) is 36.4 Å². The van der Waals surface area contributed by atoms with Gasteiger partial charge in [0.05, 0.1) is 0 Å². The quantitative estimate of drug-likeness (QED) is 0.875. The fourth-order valence-corrected chi connectivity index (χ4v) is 2.17. The van der Waals surface area contributed by atoms with E-state index in [9.17, 15) is 5.11 Å². The number of hydrogen-bond acceptors (Lipinski definition) is 1. The van der Waals surface area contributed by atoms with Crippen LogP contribution in [0.1, 0.15) is 42.6 Å². The Morgan fingerprint density at radius 1 is 0.778 bits per heavy atom. The van der Waals surface area contributed by atoms with Crippen molar-refractivity contribution in [1.29, 1.82) is 0 Å². The Balaban J connectivity index is 2.23. The number of benzene rings is 2. The summed E-state index contributed by atoms with van der Waals surface area (Å²) in [6.07, 6.45) is -0.556. The number of aliphatic hydroxyl groups is 1. The minimum Gasteiger partial charge on any atom is -0.384 e. The molecule has 18 heavy (non-hydrogen) atoms. The molecule has 0 saturated carbocycles. The first-order valence-corrected chi connectivity index (χ1v) is 6.90. The largest absolute Gasteiger partial charge is 0.384 e. The molecule has 0 aliphatic heterocycles. The lowest BCUT2D eigenvalue weighted by Gasteiger charge is -2.13. The van der Waals surface area contributed by atoms with Crippen molar-refractivity contribution in [3.8, 4) is 0 Å². The zero-order valence-corrected chi connectivity index (χ0v) is 12.2. The van der Waals surface area contributed by atoms with Crippen LogP contribution in [0, 0.1) is 0 Å². The normalized spacial score (nSPS) is 12.7. The van der Waals surface area contributed by atoms with Gasteiger partial charge in [0.25, 0.3) is 0 Å². The van der Waals surface area contributed by atoms with Gasteiger partial charge in [-0.05, 0) is 34.7 Å². The zero-order chi connectivity index (χ0) is 13.1. The number of rotatable bonds is 3. The molecule has 0 aliphatic carbocycles. The second kappa shape index (κ2) is 5.68. The molecule has 0 unspecified atom stereocenters. The summed E-state index contributed by atoms with van der Waals surface area (Å²) in [6.45, 7) is 4.33. The van der Waals surface area contributed by atoms with E-state index in [0.717, 1.165) is 15.6 Å². The van der Waals surface area contributed by atoms with E-state index in [-0.39, 0.29) is 0 Å². The number of aliphatic hydroxyl groups excluding tert-OH is 1. The lowest BCUT2D eigenvalue weighted by Crippen LogP contribution is -1.99. The van der Waals surface area contributed by atoms with Crippen molar-refractivity contribution < 1.29 is 5.11 Å². The summed E-state index contributed by atoms with van der Waals surface area (Å²) < 4.78 is 1.02. The SMILES string of the molecule is CC(C)c1ccc([C@@H](O)c2ccc(Br)cc2)cc1. The summed E-state index contributed by atoms with van der Waals surface area (Å²) in [5.41, 5.74) is 3.14. The summed E-state index contributed by atoms with van der Waals surface area (Å²) in [5.74, 6) is 0.517. The smallest absolute Gasteiger partial charge is 0.104 e. The molecule has 0 saturated heterocycles. The molecule has 0 spiro atoms. The van der Waals surface area contributed by atoms with Crippen molar-refractivity contribution in [1.82, 2.24) is 0 Å². The van der Waals surface area contributed by atoms with E-state index in [2.05, 4.69) is 41.9 Å². The Labute approximate surface area is 117 Å². The first kappa shape index (κ1) is 13.3. The Hall–Kier alpha value is -1.12. The molecular weight excluding hydrogens is 288 g/mol. The predicted octanol–water partition coefficient (Wildman–Crippen LogP) is 4.65. The molecule has 2 rings (SSSR count). The Bertz CT molecular complexity index is 500. The highest BCUT2D eigenvalue weighted by Gasteiger charge is 2.10. The van der Waals surface area contributed by atoms with Crippen molar-refractivity contribution in [2.24, 2.45) is 0 Å². The van der Waals surface area contributed by atoms with Gasteiger partial charge < -0.3 is 5.11 Å². The van der Waals surface area contributed by atoms with Gasteiger partial charge in [-0.15, -0.1) is 0 Å². The zero-order valence-electron chi connectivity index (χ0n) is 10.6. The first-order chi connectivity index (χ1) is 8.58. The van der Waals surface area contributed by atoms with Gasteiger partial charge >= 0.3 is 0 Å². The molecule has 2 aromatic carbocycles. The van der Waals surface area contributed by atoms with Crippen LogP contribution in [0.25, 0.3) is 0 Å². The standard InChI is InChI=1S/C16H17BrO/c1-11(2)12-3-5-13(6-4-12)16(18)14-7-9-15(17)10-8-14/h3-11,16,18H,1-2H3/t16-/m1/s1. The first-order valence-electron chi connectivity index (χ1n) is 6.11. The molecule has 1 nitrogen and oxygen atoms in total. The molecule has 0 aromatic heterocycles. The van der Waals surface area contributed by atoms with Crippen molar-refractivity contribution in [3.05, 3.63) is 69.7 Å². The second-order valence-electron chi connectivity index (χ2n) is 4.78. The van der Waals surface area contributed by atoms with E-state index >= 15 is 0 Å². The van der Waals surface area contributed by atoms with Crippen LogP contribution < -0.4 is 0 Å². The highest BCUT2D eigenvalue weighted by Crippen LogP contribution is 2.25. The Morgan fingerprint density at radius 3 is 1.61 bits per heavy atom. The van der Waals surface area contributed by atoms with Crippen molar-refractivity contribution in [3.63, 3.8) is 0 Å². The summed E-state index contributed by atoms with van der Waals surface area (Å²) in [5, 5.41) is 10.3. The van der Waals surface area contributed by atoms with Crippen LogP contribution in [0.15, 0.2) is 53.0 Å². The van der Waals surface area contributed by atoms with Gasteiger partial charge in [0.2, 0.25) is 0 Å². The van der Waals surface area contributed by atoms with Crippen LogP contribution in [0.3, 0.4) is 0 Å². The van der Waals surface area contributed by atoms with Crippen LogP contribution >= 0.6 is 15.9 Å². The lowest BCUT2D eigenvalue weighted by atomic mass is 9.97. The minimum absolute atomic E-state index is 0.517. The van der Waals surface area contributed by atoms with Crippen LogP contribution in [-0.2, 0) is 0 Å². The molecule has 1 atom stereocenters. The fraction of sp³-hybridized carbons (Fsp3) is 0.250. The number of hydrogen-bond donors (Lipinski definition) is 1. The molecule has 94 valence electrons. The molecule has 0 radical (unpaired) electrons. The maximum Gasteiger partial charge on any atom is 0.104 e. The number of halogens is 1. The summed E-state index contributed by atoms with van der Waals surface area (Å²) in [6, 6.07) is 15.9. The van der Waals surface area contributed by atoms with Crippen molar-refractivity contribution >= 4 is 15.9 Å². The average Bonchev–Trinajstić information content (AvgIpc) is 2.39. The average molecular weight is 305 g/mol. The third-order valence-electron chi connectivity index (χ3n) is 3.10. The predicted molar refractivity (Wildman–Crippen MR) is 78.7 cm³/mol. The molecule has 0 heterocycles. The summed E-state index contributed by atoms with van der Waals surface area (Å²) >= 11 is 3.39. The molecule has 0 fully saturated rings. The maximum atomic E-state index is 10.3.